The van der Waals surface area contributed by atoms with Gasteiger partial charge in [-0.25, -0.2) is 4.79 Å². The molecule has 1 aromatic heterocycles. The molecule has 0 radical (unpaired) electrons. The molecule has 7 heteroatoms. The van der Waals surface area contributed by atoms with Gasteiger partial charge in [0.25, 0.3) is 0 Å². The number of hydrogen-bond acceptors (Lipinski definition) is 3. The molecule has 20 heavy (non-hydrogen) atoms. The molecular formula is C13H15BrN4O2. The lowest BCUT2D eigenvalue weighted by molar-refractivity contribution is -0.118. The number of carbonyl (C=O) groups excluding carboxylic acids is 1. The van der Waals surface area contributed by atoms with Crippen LogP contribution in [0.1, 0.15) is 25.7 Å². The van der Waals surface area contributed by atoms with Crippen LogP contribution in [0, 0.1) is 0 Å². The zero-order valence-corrected chi connectivity index (χ0v) is 12.3. The molecule has 0 atom stereocenters. The molecule has 1 saturated carbocycles. The number of aromatic nitrogens is 2. The van der Waals surface area contributed by atoms with E-state index in [4.69, 9.17) is 5.73 Å². The average Bonchev–Trinajstić information content (AvgIpc) is 2.66. The first kappa shape index (κ1) is 13.4. The molecular weight excluding hydrogens is 324 g/mol. The number of hydrogen-bond donors (Lipinski definition) is 4. The zero-order chi connectivity index (χ0) is 14.3. The van der Waals surface area contributed by atoms with Crippen LogP contribution >= 0.6 is 15.9 Å². The van der Waals surface area contributed by atoms with Crippen LogP contribution in [-0.2, 0) is 4.79 Å². The Morgan fingerprint density at radius 2 is 2.00 bits per heavy atom. The lowest BCUT2D eigenvalue weighted by Crippen LogP contribution is -2.48. The van der Waals surface area contributed by atoms with Crippen LogP contribution in [0.5, 0.6) is 0 Å². The molecule has 0 spiro atoms. The van der Waals surface area contributed by atoms with Crippen LogP contribution in [0.4, 0.5) is 5.69 Å². The Hall–Kier alpha value is -1.60. The Labute approximate surface area is 123 Å². The summed E-state index contributed by atoms with van der Waals surface area (Å²) in [5.74, 6) is -0.106. The van der Waals surface area contributed by atoms with Gasteiger partial charge in [0.1, 0.15) is 0 Å². The van der Waals surface area contributed by atoms with Gasteiger partial charge in [-0.05, 0) is 47.3 Å². The fraction of sp³-hybridized carbons (Fsp3) is 0.385. The number of rotatable bonds is 3. The monoisotopic (exact) mass is 338 g/mol. The van der Waals surface area contributed by atoms with E-state index >= 15 is 0 Å². The number of anilines is 1. The van der Waals surface area contributed by atoms with Crippen molar-refractivity contribution in [3.63, 3.8) is 0 Å². The Kier molecular flexibility index (Phi) is 3.18. The van der Waals surface area contributed by atoms with E-state index < -0.39 is 0 Å². The minimum absolute atomic E-state index is 0.106. The maximum absolute atomic E-state index is 12.0. The summed E-state index contributed by atoms with van der Waals surface area (Å²) in [5, 5.41) is 2.83. The quantitative estimate of drug-likeness (QED) is 0.686. The van der Waals surface area contributed by atoms with Crippen molar-refractivity contribution < 1.29 is 4.79 Å². The third-order valence-electron chi connectivity index (χ3n) is 3.74. The van der Waals surface area contributed by atoms with E-state index in [1.165, 1.54) is 0 Å². The van der Waals surface area contributed by atoms with E-state index in [0.717, 1.165) is 19.3 Å². The molecule has 0 aliphatic heterocycles. The van der Waals surface area contributed by atoms with Gasteiger partial charge >= 0.3 is 5.69 Å². The van der Waals surface area contributed by atoms with Crippen LogP contribution in [0.15, 0.2) is 21.4 Å². The van der Waals surface area contributed by atoms with Crippen LogP contribution in [-0.4, -0.2) is 21.4 Å². The Bertz CT molecular complexity index is 730. The highest BCUT2D eigenvalue weighted by atomic mass is 79.9. The highest BCUT2D eigenvalue weighted by Gasteiger charge is 2.34. The van der Waals surface area contributed by atoms with Gasteiger partial charge in [0.15, 0.2) is 0 Å². The molecule has 0 bridgehead atoms. The molecule has 3 rings (SSSR count). The predicted octanol–water partition coefficient (Wildman–Crippen LogP) is 1.83. The summed E-state index contributed by atoms with van der Waals surface area (Å²) in [6.07, 6.45) is 3.20. The second-order valence-electron chi connectivity index (χ2n) is 5.40. The lowest BCUT2D eigenvalue weighted by Gasteiger charge is -2.37. The summed E-state index contributed by atoms with van der Waals surface area (Å²) in [6, 6.07) is 3.48. The summed E-state index contributed by atoms with van der Waals surface area (Å²) in [6.45, 7) is 0. The molecule has 1 aromatic carbocycles. The second kappa shape index (κ2) is 4.75. The van der Waals surface area contributed by atoms with Gasteiger partial charge in [-0.1, -0.05) is 0 Å². The highest BCUT2D eigenvalue weighted by Crippen LogP contribution is 2.33. The van der Waals surface area contributed by atoms with E-state index in [1.54, 1.807) is 12.1 Å². The normalized spacial score (nSPS) is 16.9. The van der Waals surface area contributed by atoms with Crippen molar-refractivity contribution in [1.82, 2.24) is 9.97 Å². The number of imidazole rings is 1. The zero-order valence-electron chi connectivity index (χ0n) is 10.8. The fourth-order valence-corrected chi connectivity index (χ4v) is 2.92. The van der Waals surface area contributed by atoms with Gasteiger partial charge in [-0.2, -0.15) is 0 Å². The summed E-state index contributed by atoms with van der Waals surface area (Å²) in [5.41, 5.74) is 7.41. The van der Waals surface area contributed by atoms with Crippen molar-refractivity contribution >= 4 is 38.6 Å². The predicted molar refractivity (Wildman–Crippen MR) is 80.6 cm³/mol. The summed E-state index contributed by atoms with van der Waals surface area (Å²) in [7, 11) is 0. The molecule has 0 unspecified atom stereocenters. The lowest BCUT2D eigenvalue weighted by atomic mass is 9.75. The second-order valence-corrected chi connectivity index (χ2v) is 6.25. The number of fused-ring (bicyclic) bond motifs is 1. The maximum Gasteiger partial charge on any atom is 0.323 e. The third kappa shape index (κ3) is 2.51. The van der Waals surface area contributed by atoms with Crippen molar-refractivity contribution in [3.05, 3.63) is 27.1 Å². The Balaban J connectivity index is 1.81. The van der Waals surface area contributed by atoms with E-state index in [9.17, 15) is 9.59 Å². The molecule has 1 aliphatic rings. The summed E-state index contributed by atoms with van der Waals surface area (Å²) < 4.78 is 0.716. The van der Waals surface area contributed by atoms with Gasteiger partial charge in [-0.15, -0.1) is 0 Å². The summed E-state index contributed by atoms with van der Waals surface area (Å²) >= 11 is 3.38. The molecule has 106 valence electrons. The first-order valence-corrected chi connectivity index (χ1v) is 7.25. The Morgan fingerprint density at radius 3 is 2.60 bits per heavy atom. The molecule has 6 nitrogen and oxygen atoms in total. The number of halogens is 1. The van der Waals surface area contributed by atoms with Crippen molar-refractivity contribution in [2.75, 3.05) is 5.32 Å². The van der Waals surface area contributed by atoms with Crippen LogP contribution in [0.2, 0.25) is 0 Å². The summed E-state index contributed by atoms with van der Waals surface area (Å²) in [4.78, 5) is 28.6. The smallest absolute Gasteiger partial charge is 0.323 e. The molecule has 1 aliphatic carbocycles. The average molecular weight is 339 g/mol. The molecule has 1 fully saturated rings. The molecule has 1 amide bonds. The topological polar surface area (TPSA) is 104 Å². The standard InChI is InChI=1S/C13H15BrN4O2/c14-7-4-9-10(18-12(20)17-9)5-8(7)16-11(19)6-13(15)2-1-3-13/h4-5H,1-3,6,15H2,(H,16,19)(H2,17,18,20). The van der Waals surface area contributed by atoms with Gasteiger partial charge in [0.05, 0.1) is 16.7 Å². The van der Waals surface area contributed by atoms with Crippen molar-refractivity contribution in [2.45, 2.75) is 31.2 Å². The van der Waals surface area contributed by atoms with Crippen LogP contribution in [0.25, 0.3) is 11.0 Å². The number of H-pyrrole nitrogens is 2. The number of amides is 1. The third-order valence-corrected chi connectivity index (χ3v) is 4.40. The van der Waals surface area contributed by atoms with Crippen molar-refractivity contribution in [1.29, 1.82) is 0 Å². The van der Waals surface area contributed by atoms with E-state index in [-0.39, 0.29) is 17.1 Å². The molecule has 0 saturated heterocycles. The SMILES string of the molecule is NC1(CC(=O)Nc2cc3[nH]c(=O)[nH]c3cc2Br)CCC1. The molecule has 5 N–H and O–H groups in total. The molecule has 1 heterocycles. The molecule has 2 aromatic rings. The van der Waals surface area contributed by atoms with E-state index in [0.29, 0.717) is 27.6 Å². The fourth-order valence-electron chi connectivity index (χ4n) is 2.47. The minimum atomic E-state index is -0.344. The first-order chi connectivity index (χ1) is 9.45. The van der Waals surface area contributed by atoms with Crippen LogP contribution in [0.3, 0.4) is 0 Å². The van der Waals surface area contributed by atoms with Gasteiger partial charge in [-0.3, -0.25) is 4.79 Å². The van der Waals surface area contributed by atoms with E-state index in [1.807, 2.05) is 0 Å². The number of benzene rings is 1. The van der Waals surface area contributed by atoms with Crippen molar-refractivity contribution in [3.8, 4) is 0 Å². The largest absolute Gasteiger partial charge is 0.325 e. The Morgan fingerprint density at radius 1 is 1.35 bits per heavy atom. The van der Waals surface area contributed by atoms with Gasteiger partial charge < -0.3 is 21.0 Å². The maximum atomic E-state index is 12.0. The van der Waals surface area contributed by atoms with Gasteiger partial charge in [0.2, 0.25) is 5.91 Å². The van der Waals surface area contributed by atoms with Crippen LogP contribution < -0.4 is 16.7 Å². The number of nitrogens with one attached hydrogen (secondary N) is 3. The number of nitrogens with two attached hydrogens (primary N) is 1. The minimum Gasteiger partial charge on any atom is -0.325 e. The highest BCUT2D eigenvalue weighted by molar-refractivity contribution is 9.10. The number of carbonyl (C=O) groups is 1. The van der Waals surface area contributed by atoms with Crippen molar-refractivity contribution in [2.24, 2.45) is 5.73 Å². The first-order valence-electron chi connectivity index (χ1n) is 6.45. The number of aromatic amines is 2. The van der Waals surface area contributed by atoms with E-state index in [2.05, 4.69) is 31.2 Å². The van der Waals surface area contributed by atoms with Gasteiger partial charge in [0, 0.05) is 16.4 Å².